The number of esters is 1. The Hall–Kier alpha value is -1.35. The maximum absolute atomic E-state index is 11.6. The SMILES string of the molecule is C=C1C(=O)OC2CC(=C)C3CC(O)C(=C)C3CC12. The third-order valence-electron chi connectivity index (χ3n) is 4.78. The number of rotatable bonds is 0. The van der Waals surface area contributed by atoms with Crippen molar-refractivity contribution in [3.05, 3.63) is 36.5 Å². The molecule has 0 aromatic rings. The molecular weight excluding hydrogens is 228 g/mol. The summed E-state index contributed by atoms with van der Waals surface area (Å²) in [5.41, 5.74) is 2.53. The molecule has 2 saturated carbocycles. The van der Waals surface area contributed by atoms with E-state index >= 15 is 0 Å². The minimum atomic E-state index is -0.431. The predicted molar refractivity (Wildman–Crippen MR) is 67.6 cm³/mol. The normalized spacial score (nSPS) is 43.5. The van der Waals surface area contributed by atoms with E-state index in [1.807, 2.05) is 0 Å². The molecule has 3 fully saturated rings. The molecule has 0 spiro atoms. The highest BCUT2D eigenvalue weighted by Crippen LogP contribution is 2.50. The summed E-state index contributed by atoms with van der Waals surface area (Å²) in [4.78, 5) is 11.6. The van der Waals surface area contributed by atoms with E-state index in [0.29, 0.717) is 18.4 Å². The second kappa shape index (κ2) is 3.82. The Labute approximate surface area is 107 Å². The van der Waals surface area contributed by atoms with Crippen molar-refractivity contribution in [2.75, 3.05) is 0 Å². The summed E-state index contributed by atoms with van der Waals surface area (Å²) in [5.74, 6) is 0.282. The average molecular weight is 246 g/mol. The molecular formula is C15H18O3. The molecule has 0 aromatic carbocycles. The fourth-order valence-corrected chi connectivity index (χ4v) is 3.66. The van der Waals surface area contributed by atoms with Gasteiger partial charge in [0.05, 0.1) is 6.10 Å². The molecule has 1 N–H and O–H groups in total. The number of ether oxygens (including phenoxy) is 1. The Morgan fingerprint density at radius 2 is 1.83 bits per heavy atom. The largest absolute Gasteiger partial charge is 0.458 e. The first kappa shape index (κ1) is 11.7. The summed E-state index contributed by atoms with van der Waals surface area (Å²) in [6.07, 6.45) is 1.67. The fraction of sp³-hybridized carbons (Fsp3) is 0.533. The van der Waals surface area contributed by atoms with Crippen LogP contribution >= 0.6 is 0 Å². The van der Waals surface area contributed by atoms with Crippen molar-refractivity contribution in [2.24, 2.45) is 17.8 Å². The third-order valence-corrected chi connectivity index (χ3v) is 4.78. The molecule has 0 bridgehead atoms. The van der Waals surface area contributed by atoms with Gasteiger partial charge in [-0.25, -0.2) is 4.79 Å². The van der Waals surface area contributed by atoms with Crippen molar-refractivity contribution < 1.29 is 14.6 Å². The van der Waals surface area contributed by atoms with E-state index in [4.69, 9.17) is 4.74 Å². The second-order valence-corrected chi connectivity index (χ2v) is 5.71. The van der Waals surface area contributed by atoms with Gasteiger partial charge in [-0.1, -0.05) is 25.3 Å². The first-order valence-corrected chi connectivity index (χ1v) is 6.43. The van der Waals surface area contributed by atoms with Crippen LogP contribution in [0.15, 0.2) is 36.5 Å². The van der Waals surface area contributed by atoms with Gasteiger partial charge in [-0.15, -0.1) is 0 Å². The van der Waals surface area contributed by atoms with E-state index in [0.717, 1.165) is 17.6 Å². The minimum absolute atomic E-state index is 0.0614. The van der Waals surface area contributed by atoms with Crippen molar-refractivity contribution in [3.8, 4) is 0 Å². The van der Waals surface area contributed by atoms with Gasteiger partial charge in [0.2, 0.25) is 0 Å². The van der Waals surface area contributed by atoms with Crippen molar-refractivity contribution >= 4 is 5.97 Å². The lowest BCUT2D eigenvalue weighted by Gasteiger charge is -2.19. The average Bonchev–Trinajstić information content (AvgIpc) is 2.68. The Morgan fingerprint density at radius 3 is 2.56 bits per heavy atom. The highest BCUT2D eigenvalue weighted by Gasteiger charge is 2.48. The topological polar surface area (TPSA) is 46.5 Å². The predicted octanol–water partition coefficient (Wildman–Crippen LogP) is 1.99. The van der Waals surface area contributed by atoms with Gasteiger partial charge in [0.15, 0.2) is 0 Å². The monoisotopic (exact) mass is 246 g/mol. The number of carbonyl (C=O) groups excluding carboxylic acids is 1. The number of carbonyl (C=O) groups is 1. The van der Waals surface area contributed by atoms with Crippen molar-refractivity contribution in [3.63, 3.8) is 0 Å². The van der Waals surface area contributed by atoms with Crippen molar-refractivity contribution in [2.45, 2.75) is 31.5 Å². The fourth-order valence-electron chi connectivity index (χ4n) is 3.66. The summed E-state index contributed by atoms with van der Waals surface area (Å²) in [6, 6.07) is 0. The first-order chi connectivity index (χ1) is 8.49. The Bertz CT molecular complexity index is 462. The second-order valence-electron chi connectivity index (χ2n) is 5.71. The van der Waals surface area contributed by atoms with E-state index < -0.39 is 6.10 Å². The summed E-state index contributed by atoms with van der Waals surface area (Å²) in [5, 5.41) is 9.94. The molecule has 3 nitrogen and oxygen atoms in total. The molecule has 3 aliphatic rings. The number of hydrogen-bond acceptors (Lipinski definition) is 3. The Kier molecular flexibility index (Phi) is 2.49. The number of aliphatic hydroxyl groups excluding tert-OH is 1. The zero-order valence-electron chi connectivity index (χ0n) is 10.4. The van der Waals surface area contributed by atoms with E-state index in [9.17, 15) is 9.90 Å². The lowest BCUT2D eigenvalue weighted by molar-refractivity contribution is -0.139. The summed E-state index contributed by atoms with van der Waals surface area (Å²) < 4.78 is 5.36. The van der Waals surface area contributed by atoms with Crippen LogP contribution in [0.3, 0.4) is 0 Å². The van der Waals surface area contributed by atoms with E-state index in [2.05, 4.69) is 19.7 Å². The molecule has 0 amide bonds. The van der Waals surface area contributed by atoms with Crippen molar-refractivity contribution in [1.82, 2.24) is 0 Å². The zero-order valence-corrected chi connectivity index (χ0v) is 10.4. The number of aliphatic hydroxyl groups is 1. The molecule has 1 saturated heterocycles. The standard InChI is InChI=1S/C15H18O3/c1-7-4-14-12(9(3)15(17)18-14)5-11-8(2)13(16)6-10(7)11/h10-14,16H,1-6H2. The van der Waals surface area contributed by atoms with Crippen LogP contribution in [-0.4, -0.2) is 23.3 Å². The van der Waals surface area contributed by atoms with Gasteiger partial charge in [0.25, 0.3) is 0 Å². The van der Waals surface area contributed by atoms with Crippen LogP contribution in [-0.2, 0) is 9.53 Å². The minimum Gasteiger partial charge on any atom is -0.458 e. The van der Waals surface area contributed by atoms with Gasteiger partial charge in [-0.2, -0.15) is 0 Å². The maximum Gasteiger partial charge on any atom is 0.334 e. The van der Waals surface area contributed by atoms with Gasteiger partial charge in [0.1, 0.15) is 6.10 Å². The Balaban J connectivity index is 1.93. The summed E-state index contributed by atoms with van der Waals surface area (Å²) in [6.45, 7) is 12.0. The van der Waals surface area contributed by atoms with Crippen LogP contribution in [0.4, 0.5) is 0 Å². The summed E-state index contributed by atoms with van der Waals surface area (Å²) in [7, 11) is 0. The van der Waals surface area contributed by atoms with Gasteiger partial charge >= 0.3 is 5.97 Å². The molecule has 96 valence electrons. The number of hydrogen-bond donors (Lipinski definition) is 1. The van der Waals surface area contributed by atoms with Crippen LogP contribution < -0.4 is 0 Å². The highest BCUT2D eigenvalue weighted by atomic mass is 16.6. The van der Waals surface area contributed by atoms with Gasteiger partial charge < -0.3 is 9.84 Å². The molecule has 1 heterocycles. The molecule has 5 atom stereocenters. The quantitative estimate of drug-likeness (QED) is 0.404. The molecule has 0 aromatic heterocycles. The van der Waals surface area contributed by atoms with Crippen LogP contribution in [0.1, 0.15) is 19.3 Å². The van der Waals surface area contributed by atoms with Crippen LogP contribution in [0.5, 0.6) is 0 Å². The van der Waals surface area contributed by atoms with E-state index in [1.165, 1.54) is 0 Å². The molecule has 18 heavy (non-hydrogen) atoms. The molecule has 2 aliphatic carbocycles. The van der Waals surface area contributed by atoms with Crippen LogP contribution in [0, 0.1) is 17.8 Å². The summed E-state index contributed by atoms with van der Waals surface area (Å²) >= 11 is 0. The van der Waals surface area contributed by atoms with Crippen molar-refractivity contribution in [1.29, 1.82) is 0 Å². The first-order valence-electron chi connectivity index (χ1n) is 6.43. The Morgan fingerprint density at radius 1 is 1.11 bits per heavy atom. The number of fused-ring (bicyclic) bond motifs is 2. The van der Waals surface area contributed by atoms with E-state index in [-0.39, 0.29) is 29.8 Å². The smallest absolute Gasteiger partial charge is 0.334 e. The van der Waals surface area contributed by atoms with Gasteiger partial charge in [-0.3, -0.25) is 0 Å². The van der Waals surface area contributed by atoms with E-state index in [1.54, 1.807) is 0 Å². The lowest BCUT2D eigenvalue weighted by atomic mass is 9.83. The highest BCUT2D eigenvalue weighted by molar-refractivity contribution is 5.90. The van der Waals surface area contributed by atoms with Gasteiger partial charge in [0, 0.05) is 17.9 Å². The maximum atomic E-state index is 11.6. The van der Waals surface area contributed by atoms with Crippen LogP contribution in [0.2, 0.25) is 0 Å². The molecule has 1 aliphatic heterocycles. The molecule has 0 radical (unpaired) electrons. The third kappa shape index (κ3) is 1.50. The molecule has 3 rings (SSSR count). The zero-order chi connectivity index (χ0) is 13.0. The lowest BCUT2D eigenvalue weighted by Crippen LogP contribution is -2.17. The van der Waals surface area contributed by atoms with Gasteiger partial charge in [-0.05, 0) is 30.3 Å². The molecule has 3 heteroatoms. The van der Waals surface area contributed by atoms with Crippen LogP contribution in [0.25, 0.3) is 0 Å². The molecule has 5 unspecified atom stereocenters.